The van der Waals surface area contributed by atoms with E-state index in [2.05, 4.69) is 9.71 Å². The van der Waals surface area contributed by atoms with E-state index in [-0.39, 0.29) is 17.3 Å². The van der Waals surface area contributed by atoms with Gasteiger partial charge in [-0.3, -0.25) is 0 Å². The Kier molecular flexibility index (Phi) is 5.43. The van der Waals surface area contributed by atoms with Crippen molar-refractivity contribution < 1.29 is 17.2 Å². The Bertz CT molecular complexity index is 1060. The summed E-state index contributed by atoms with van der Waals surface area (Å²) in [5.74, 6) is 0.669. The Labute approximate surface area is 158 Å². The number of oxazole rings is 1. The molecule has 1 heterocycles. The third-order valence-corrected chi connectivity index (χ3v) is 5.88. The maximum atomic E-state index is 13.0. The third kappa shape index (κ3) is 4.43. The molecule has 0 fully saturated rings. The Morgan fingerprint density at radius 1 is 1.07 bits per heavy atom. The predicted octanol–water partition coefficient (Wildman–Crippen LogP) is 3.93. The molecule has 0 unspecified atom stereocenters. The fourth-order valence-electron chi connectivity index (χ4n) is 2.86. The highest BCUT2D eigenvalue weighted by atomic mass is 32.2. The second-order valence-electron chi connectivity index (χ2n) is 6.45. The molecule has 3 aromatic rings. The first kappa shape index (κ1) is 19.3. The Hall–Kier alpha value is -2.51. The van der Waals surface area contributed by atoms with Crippen LogP contribution in [0, 0.1) is 26.6 Å². The first-order valence-corrected chi connectivity index (χ1v) is 10.0. The van der Waals surface area contributed by atoms with Gasteiger partial charge in [0.2, 0.25) is 15.9 Å². The first-order chi connectivity index (χ1) is 12.8. The van der Waals surface area contributed by atoms with Crippen molar-refractivity contribution in [2.45, 2.75) is 32.1 Å². The quantitative estimate of drug-likeness (QED) is 0.695. The van der Waals surface area contributed by atoms with Crippen LogP contribution in [0.3, 0.4) is 0 Å². The van der Waals surface area contributed by atoms with Gasteiger partial charge in [-0.05, 0) is 56.7 Å². The summed E-state index contributed by atoms with van der Waals surface area (Å²) in [7, 11) is -3.59. The van der Waals surface area contributed by atoms with Gasteiger partial charge in [0.05, 0.1) is 10.6 Å². The summed E-state index contributed by atoms with van der Waals surface area (Å²) in [6, 6.07) is 11.1. The average molecular weight is 388 g/mol. The molecule has 1 N–H and O–H groups in total. The molecule has 0 aliphatic heterocycles. The lowest BCUT2D eigenvalue weighted by Gasteiger charge is -2.09. The van der Waals surface area contributed by atoms with Gasteiger partial charge < -0.3 is 4.42 Å². The second-order valence-corrected chi connectivity index (χ2v) is 8.18. The van der Waals surface area contributed by atoms with Crippen LogP contribution in [-0.2, 0) is 16.4 Å². The maximum absolute atomic E-state index is 13.0. The molecule has 2 aromatic carbocycles. The van der Waals surface area contributed by atoms with Gasteiger partial charge in [0.25, 0.3) is 0 Å². The van der Waals surface area contributed by atoms with Crippen LogP contribution >= 0.6 is 0 Å². The Morgan fingerprint density at radius 3 is 2.44 bits per heavy atom. The number of hydrogen-bond donors (Lipinski definition) is 1. The summed E-state index contributed by atoms with van der Waals surface area (Å²) in [4.78, 5) is 4.68. The van der Waals surface area contributed by atoms with Crippen LogP contribution in [0.15, 0.2) is 51.8 Å². The minimum Gasteiger partial charge on any atom is -0.441 e. The van der Waals surface area contributed by atoms with Gasteiger partial charge in [0, 0.05) is 18.5 Å². The highest BCUT2D eigenvalue weighted by Crippen LogP contribution is 2.22. The molecule has 1 aromatic heterocycles. The van der Waals surface area contributed by atoms with Crippen molar-refractivity contribution in [3.8, 4) is 11.5 Å². The van der Waals surface area contributed by atoms with Crippen molar-refractivity contribution in [1.82, 2.24) is 9.71 Å². The number of hydrogen-bond acceptors (Lipinski definition) is 4. The second kappa shape index (κ2) is 7.62. The van der Waals surface area contributed by atoms with E-state index in [1.54, 1.807) is 38.1 Å². The van der Waals surface area contributed by atoms with Gasteiger partial charge in [-0.2, -0.15) is 0 Å². The summed E-state index contributed by atoms with van der Waals surface area (Å²) in [5, 5.41) is 0. The molecule has 7 heteroatoms. The standard InChI is InChI=1S/C20H21FN2O3S/c1-13-4-9-19(14(2)12-13)27(24,25)22-11-10-18-15(3)26-20(23-18)16-5-7-17(21)8-6-16/h4-9,12,22H,10-11H2,1-3H3. The van der Waals surface area contributed by atoms with Crippen molar-refractivity contribution in [2.75, 3.05) is 6.54 Å². The molecule has 0 saturated heterocycles. The van der Waals surface area contributed by atoms with E-state index >= 15 is 0 Å². The lowest BCUT2D eigenvalue weighted by molar-refractivity contribution is 0.538. The summed E-state index contributed by atoms with van der Waals surface area (Å²) in [6.07, 6.45) is 0.390. The fourth-order valence-corrected chi connectivity index (χ4v) is 4.11. The molecule has 0 spiro atoms. The summed E-state index contributed by atoms with van der Waals surface area (Å²) >= 11 is 0. The molecule has 27 heavy (non-hydrogen) atoms. The molecule has 142 valence electrons. The van der Waals surface area contributed by atoms with E-state index in [4.69, 9.17) is 4.42 Å². The molecule has 5 nitrogen and oxygen atoms in total. The van der Waals surface area contributed by atoms with E-state index in [1.165, 1.54) is 12.1 Å². The first-order valence-electron chi connectivity index (χ1n) is 8.55. The van der Waals surface area contributed by atoms with E-state index in [1.807, 2.05) is 13.0 Å². The zero-order valence-corrected chi connectivity index (χ0v) is 16.2. The molecule has 0 aliphatic carbocycles. The highest BCUT2D eigenvalue weighted by Gasteiger charge is 2.17. The molecular weight excluding hydrogens is 367 g/mol. The molecule has 0 bridgehead atoms. The molecule has 0 amide bonds. The fraction of sp³-hybridized carbons (Fsp3) is 0.250. The Morgan fingerprint density at radius 2 is 1.78 bits per heavy atom. The van der Waals surface area contributed by atoms with Crippen LogP contribution in [0.1, 0.15) is 22.6 Å². The molecule has 0 aliphatic rings. The van der Waals surface area contributed by atoms with Crippen LogP contribution in [0.2, 0.25) is 0 Å². The van der Waals surface area contributed by atoms with Gasteiger partial charge in [0.15, 0.2) is 0 Å². The minimum absolute atomic E-state index is 0.200. The monoisotopic (exact) mass is 388 g/mol. The average Bonchev–Trinajstić information content (AvgIpc) is 2.96. The third-order valence-electron chi connectivity index (χ3n) is 4.26. The zero-order valence-electron chi connectivity index (χ0n) is 15.4. The number of nitrogens with one attached hydrogen (secondary N) is 1. The topological polar surface area (TPSA) is 72.2 Å². The highest BCUT2D eigenvalue weighted by molar-refractivity contribution is 7.89. The van der Waals surface area contributed by atoms with Crippen LogP contribution in [0.5, 0.6) is 0 Å². The predicted molar refractivity (Wildman–Crippen MR) is 101 cm³/mol. The van der Waals surface area contributed by atoms with E-state index < -0.39 is 10.0 Å². The SMILES string of the molecule is Cc1ccc(S(=O)(=O)NCCc2nc(-c3ccc(F)cc3)oc2C)c(C)c1. The van der Waals surface area contributed by atoms with E-state index in [0.717, 1.165) is 5.56 Å². The molecule has 3 rings (SSSR count). The van der Waals surface area contributed by atoms with Gasteiger partial charge in [0.1, 0.15) is 11.6 Å². The van der Waals surface area contributed by atoms with Gasteiger partial charge in [-0.25, -0.2) is 22.5 Å². The Balaban J connectivity index is 1.69. The molecular formula is C20H21FN2O3S. The molecule has 0 radical (unpaired) electrons. The number of rotatable bonds is 6. The van der Waals surface area contributed by atoms with Crippen LogP contribution in [-0.4, -0.2) is 19.9 Å². The van der Waals surface area contributed by atoms with Crippen LogP contribution < -0.4 is 4.72 Å². The van der Waals surface area contributed by atoms with Crippen LogP contribution in [0.4, 0.5) is 4.39 Å². The maximum Gasteiger partial charge on any atom is 0.240 e. The number of aryl methyl sites for hydroxylation is 3. The van der Waals surface area contributed by atoms with Gasteiger partial charge in [-0.15, -0.1) is 0 Å². The largest absolute Gasteiger partial charge is 0.441 e. The normalized spacial score (nSPS) is 11.7. The van der Waals surface area contributed by atoms with Gasteiger partial charge in [-0.1, -0.05) is 17.7 Å². The summed E-state index contributed by atoms with van der Waals surface area (Å²) in [6.45, 7) is 5.67. The molecule has 0 atom stereocenters. The number of benzene rings is 2. The van der Waals surface area contributed by atoms with Crippen molar-refractivity contribution in [3.63, 3.8) is 0 Å². The molecule has 0 saturated carbocycles. The lowest BCUT2D eigenvalue weighted by Crippen LogP contribution is -2.26. The van der Waals surface area contributed by atoms with E-state index in [0.29, 0.717) is 34.9 Å². The number of nitrogens with zero attached hydrogens (tertiary/aromatic N) is 1. The lowest BCUT2D eigenvalue weighted by atomic mass is 10.2. The van der Waals surface area contributed by atoms with Crippen molar-refractivity contribution in [3.05, 3.63) is 70.9 Å². The minimum atomic E-state index is -3.59. The summed E-state index contributed by atoms with van der Waals surface area (Å²) < 4.78 is 46.3. The number of aromatic nitrogens is 1. The van der Waals surface area contributed by atoms with Crippen molar-refractivity contribution in [1.29, 1.82) is 0 Å². The number of sulfonamides is 1. The van der Waals surface area contributed by atoms with Gasteiger partial charge >= 0.3 is 0 Å². The van der Waals surface area contributed by atoms with Crippen molar-refractivity contribution >= 4 is 10.0 Å². The number of halogens is 1. The smallest absolute Gasteiger partial charge is 0.240 e. The zero-order chi connectivity index (χ0) is 19.6. The summed E-state index contributed by atoms with van der Waals surface area (Å²) in [5.41, 5.74) is 3.05. The van der Waals surface area contributed by atoms with Crippen LogP contribution in [0.25, 0.3) is 11.5 Å². The van der Waals surface area contributed by atoms with E-state index in [9.17, 15) is 12.8 Å². The van der Waals surface area contributed by atoms with Crippen molar-refractivity contribution in [2.24, 2.45) is 0 Å².